The molecule has 0 aliphatic heterocycles. The highest BCUT2D eigenvalue weighted by Gasteiger charge is 2.32. The summed E-state index contributed by atoms with van der Waals surface area (Å²) < 4.78 is 46.6. The van der Waals surface area contributed by atoms with Crippen LogP contribution in [0.25, 0.3) is 66.1 Å². The number of halogens is 3. The van der Waals surface area contributed by atoms with Gasteiger partial charge in [-0.05, 0) is 84.4 Å². The van der Waals surface area contributed by atoms with Crippen LogP contribution in [0.15, 0.2) is 115 Å². The zero-order chi connectivity index (χ0) is 34.7. The van der Waals surface area contributed by atoms with Gasteiger partial charge in [-0.3, -0.25) is 0 Å². The molecule has 8 rings (SSSR count). The second-order valence-electron chi connectivity index (χ2n) is 11.8. The Balaban J connectivity index is 1.55. The third-order valence-electron chi connectivity index (χ3n) is 9.02. The quantitative estimate of drug-likeness (QED) is 0.189. The van der Waals surface area contributed by atoms with Crippen LogP contribution in [0.3, 0.4) is 0 Å². The van der Waals surface area contributed by atoms with Gasteiger partial charge in [0.2, 0.25) is 0 Å². The third-order valence-corrected chi connectivity index (χ3v) is 9.02. The van der Waals surface area contributed by atoms with E-state index in [-0.39, 0.29) is 16.7 Å². The first-order valence-corrected chi connectivity index (χ1v) is 15.3. The second kappa shape index (κ2) is 11.1. The molecule has 0 fully saturated rings. The van der Waals surface area contributed by atoms with E-state index in [4.69, 9.17) is 0 Å². The van der Waals surface area contributed by atoms with Crippen molar-refractivity contribution in [1.82, 2.24) is 9.13 Å². The molecule has 0 bridgehead atoms. The fraction of sp³-hybridized carbons (Fsp3) is 0.0244. The van der Waals surface area contributed by atoms with Crippen molar-refractivity contribution in [3.05, 3.63) is 143 Å². The molecule has 0 saturated carbocycles. The first-order chi connectivity index (χ1) is 24.2. The summed E-state index contributed by atoms with van der Waals surface area (Å²) in [5.41, 5.74) is 4.09. The smallest absolute Gasteiger partial charge is 0.309 e. The Hall–Kier alpha value is -7.33. The first-order valence-electron chi connectivity index (χ1n) is 15.3. The van der Waals surface area contributed by atoms with Crippen molar-refractivity contribution in [3.8, 4) is 46.8 Å². The number of benzene rings is 6. The molecule has 0 N–H and O–H groups in total. The number of aromatic nitrogens is 2. The molecule has 0 saturated heterocycles. The highest BCUT2D eigenvalue weighted by Crippen LogP contribution is 2.42. The van der Waals surface area contributed by atoms with Gasteiger partial charge < -0.3 is 9.13 Å². The summed E-state index contributed by atoms with van der Waals surface area (Å²) in [6, 6.07) is 40.6. The average Bonchev–Trinajstić information content (AvgIpc) is 3.65. The molecule has 2 heterocycles. The van der Waals surface area contributed by atoms with Crippen molar-refractivity contribution in [2.75, 3.05) is 0 Å². The Morgan fingerprint density at radius 2 is 0.980 bits per heavy atom. The van der Waals surface area contributed by atoms with Crippen LogP contribution < -0.4 is 0 Å². The molecular formula is C41H19F3N6. The van der Waals surface area contributed by atoms with Crippen LogP contribution in [0.1, 0.15) is 27.8 Å². The lowest BCUT2D eigenvalue weighted by Crippen LogP contribution is -2.07. The van der Waals surface area contributed by atoms with E-state index in [2.05, 4.69) is 18.2 Å². The largest absolute Gasteiger partial charge is 0.416 e. The predicted octanol–water partition coefficient (Wildman–Crippen LogP) is 10.1. The van der Waals surface area contributed by atoms with Gasteiger partial charge in [0.1, 0.15) is 6.07 Å². The maximum absolute atomic E-state index is 14.3. The minimum absolute atomic E-state index is 0.129. The summed E-state index contributed by atoms with van der Waals surface area (Å²) in [6.07, 6.45) is -4.73. The maximum Gasteiger partial charge on any atom is 0.416 e. The zero-order valence-corrected chi connectivity index (χ0v) is 25.8. The van der Waals surface area contributed by atoms with Gasteiger partial charge >= 0.3 is 6.18 Å². The summed E-state index contributed by atoms with van der Waals surface area (Å²) in [5, 5.41) is 43.0. The van der Waals surface area contributed by atoms with E-state index in [0.717, 1.165) is 39.2 Å². The molecule has 0 spiro atoms. The van der Waals surface area contributed by atoms with Crippen LogP contribution in [-0.4, -0.2) is 9.13 Å². The number of hydrogen-bond acceptors (Lipinski definition) is 4. The van der Waals surface area contributed by atoms with Crippen molar-refractivity contribution in [2.24, 2.45) is 0 Å². The standard InChI is InChI=1S/C41H19F3N6/c42-41(43,44)29-14-26(22-47)13-27(17-29)32-19-39(49-35-7-3-1-5-30(35)33-15-24(20-45)9-11-37(33)49)28(23-48)18-40(32)50-36-8-4-2-6-31(36)34-16-25(21-46)10-12-38(34)50/h1-19H. The van der Waals surface area contributed by atoms with E-state index in [0.29, 0.717) is 44.6 Å². The van der Waals surface area contributed by atoms with Crippen LogP contribution in [0.4, 0.5) is 13.2 Å². The highest BCUT2D eigenvalue weighted by atomic mass is 19.4. The molecule has 0 amide bonds. The van der Waals surface area contributed by atoms with Gasteiger partial charge in [-0.15, -0.1) is 0 Å². The summed E-state index contributed by atoms with van der Waals surface area (Å²) in [6.45, 7) is 0. The Morgan fingerprint density at radius 3 is 1.50 bits per heavy atom. The lowest BCUT2D eigenvalue weighted by atomic mass is 9.95. The fourth-order valence-corrected chi connectivity index (χ4v) is 6.88. The minimum Gasteiger partial charge on any atom is -0.309 e. The maximum atomic E-state index is 14.3. The van der Waals surface area contributed by atoms with Crippen LogP contribution in [-0.2, 0) is 6.18 Å². The molecule has 50 heavy (non-hydrogen) atoms. The van der Waals surface area contributed by atoms with Crippen molar-refractivity contribution < 1.29 is 13.2 Å². The molecule has 6 aromatic carbocycles. The van der Waals surface area contributed by atoms with Gasteiger partial charge in [0.25, 0.3) is 0 Å². The third kappa shape index (κ3) is 4.54. The second-order valence-corrected chi connectivity index (χ2v) is 11.8. The Bertz CT molecular complexity index is 2920. The van der Waals surface area contributed by atoms with E-state index in [1.807, 2.05) is 63.7 Å². The lowest BCUT2D eigenvalue weighted by molar-refractivity contribution is -0.137. The van der Waals surface area contributed by atoms with E-state index in [9.17, 15) is 34.2 Å². The molecular weight excluding hydrogens is 633 g/mol. The number of nitrogens with zero attached hydrogens (tertiary/aromatic N) is 6. The van der Waals surface area contributed by atoms with Gasteiger partial charge in [-0.1, -0.05) is 36.4 Å². The van der Waals surface area contributed by atoms with Crippen molar-refractivity contribution in [1.29, 1.82) is 21.0 Å². The first kappa shape index (κ1) is 30.0. The molecule has 6 nitrogen and oxygen atoms in total. The van der Waals surface area contributed by atoms with Gasteiger partial charge in [0.15, 0.2) is 0 Å². The molecule has 9 heteroatoms. The Morgan fingerprint density at radius 1 is 0.460 bits per heavy atom. The summed E-state index contributed by atoms with van der Waals surface area (Å²) in [4.78, 5) is 0. The van der Waals surface area contributed by atoms with Crippen LogP contribution in [0.5, 0.6) is 0 Å². The summed E-state index contributed by atoms with van der Waals surface area (Å²) >= 11 is 0. The number of para-hydroxylation sites is 2. The Labute approximate surface area is 282 Å². The molecule has 0 unspecified atom stereocenters. The van der Waals surface area contributed by atoms with Crippen LogP contribution >= 0.6 is 0 Å². The molecule has 2 aromatic heterocycles. The summed E-state index contributed by atoms with van der Waals surface area (Å²) in [5.74, 6) is 0. The van der Waals surface area contributed by atoms with Crippen molar-refractivity contribution >= 4 is 43.6 Å². The normalized spacial score (nSPS) is 11.4. The van der Waals surface area contributed by atoms with Gasteiger partial charge in [0.05, 0.1) is 79.5 Å². The van der Waals surface area contributed by atoms with E-state index < -0.39 is 11.7 Å². The van der Waals surface area contributed by atoms with Crippen molar-refractivity contribution in [2.45, 2.75) is 6.18 Å². The topological polar surface area (TPSA) is 105 Å². The molecule has 0 atom stereocenters. The number of nitriles is 4. The number of hydrogen-bond donors (Lipinski definition) is 0. The van der Waals surface area contributed by atoms with E-state index in [1.54, 1.807) is 48.5 Å². The molecule has 0 radical (unpaired) electrons. The molecule has 8 aromatic rings. The summed E-state index contributed by atoms with van der Waals surface area (Å²) in [7, 11) is 0. The average molecular weight is 653 g/mol. The van der Waals surface area contributed by atoms with Crippen LogP contribution in [0, 0.1) is 45.3 Å². The van der Waals surface area contributed by atoms with Gasteiger partial charge in [-0.25, -0.2) is 0 Å². The van der Waals surface area contributed by atoms with Gasteiger partial charge in [0, 0.05) is 27.1 Å². The van der Waals surface area contributed by atoms with Gasteiger partial charge in [-0.2, -0.15) is 34.2 Å². The molecule has 0 aliphatic rings. The van der Waals surface area contributed by atoms with E-state index >= 15 is 0 Å². The monoisotopic (exact) mass is 652 g/mol. The van der Waals surface area contributed by atoms with Crippen molar-refractivity contribution in [3.63, 3.8) is 0 Å². The highest BCUT2D eigenvalue weighted by molar-refractivity contribution is 6.11. The lowest BCUT2D eigenvalue weighted by Gasteiger charge is -2.19. The number of rotatable bonds is 3. The predicted molar refractivity (Wildman–Crippen MR) is 184 cm³/mol. The minimum atomic E-state index is -4.73. The fourth-order valence-electron chi connectivity index (χ4n) is 6.88. The number of alkyl halides is 3. The van der Waals surface area contributed by atoms with Crippen LogP contribution in [0.2, 0.25) is 0 Å². The SMILES string of the molecule is N#Cc1cc(-c2cc(-n3c4ccccc4c4cc(C#N)ccc43)c(C#N)cc2-n2c3ccccc3c3cc(C#N)ccc32)cc(C(F)(F)F)c1. The zero-order valence-electron chi connectivity index (χ0n) is 25.8. The molecule has 0 aliphatic carbocycles. The molecule has 234 valence electrons. The Kier molecular flexibility index (Phi) is 6.69. The van der Waals surface area contributed by atoms with E-state index in [1.165, 1.54) is 6.07 Å². The number of fused-ring (bicyclic) bond motifs is 6.